The van der Waals surface area contributed by atoms with Gasteiger partial charge in [0.2, 0.25) is 0 Å². The van der Waals surface area contributed by atoms with Gasteiger partial charge in [0.05, 0.1) is 11.0 Å². The molecule has 0 aliphatic rings. The van der Waals surface area contributed by atoms with E-state index in [4.69, 9.17) is 0 Å². The van der Waals surface area contributed by atoms with Crippen molar-refractivity contribution in [1.82, 2.24) is 15.3 Å². The first-order valence-electron chi connectivity index (χ1n) is 7.12. The summed E-state index contributed by atoms with van der Waals surface area (Å²) in [6.07, 6.45) is 0.794. The molecule has 0 bridgehead atoms. The fraction of sp³-hybridized carbons (Fsp3) is 0.235. The van der Waals surface area contributed by atoms with Gasteiger partial charge in [0.1, 0.15) is 11.6 Å². The summed E-state index contributed by atoms with van der Waals surface area (Å²) in [5, 5.41) is 3.25. The molecule has 0 atom stereocenters. The zero-order valence-corrected chi connectivity index (χ0v) is 12.0. The van der Waals surface area contributed by atoms with Crippen molar-refractivity contribution < 1.29 is 4.39 Å². The molecule has 1 heterocycles. The topological polar surface area (TPSA) is 40.7 Å². The lowest BCUT2D eigenvalue weighted by Crippen LogP contribution is -2.17. The van der Waals surface area contributed by atoms with Crippen molar-refractivity contribution in [3.63, 3.8) is 0 Å². The molecule has 0 saturated heterocycles. The number of rotatable bonds is 5. The summed E-state index contributed by atoms with van der Waals surface area (Å²) in [7, 11) is 0. The Hall–Kier alpha value is -2.20. The maximum atomic E-state index is 13.5. The highest BCUT2D eigenvalue weighted by atomic mass is 19.1. The van der Waals surface area contributed by atoms with Crippen molar-refractivity contribution in [3.8, 4) is 0 Å². The molecule has 108 valence electrons. The number of nitrogens with zero attached hydrogens (tertiary/aromatic N) is 1. The number of fused-ring (bicyclic) bond motifs is 1. The minimum atomic E-state index is -0.163. The summed E-state index contributed by atoms with van der Waals surface area (Å²) < 4.78 is 13.5. The molecule has 3 aromatic rings. The Morgan fingerprint density at radius 3 is 2.90 bits per heavy atom. The summed E-state index contributed by atoms with van der Waals surface area (Å²) in [6.45, 7) is 3.36. The van der Waals surface area contributed by atoms with Crippen LogP contribution in [0.25, 0.3) is 11.0 Å². The van der Waals surface area contributed by atoms with Crippen LogP contribution in [0.3, 0.4) is 0 Å². The third-order valence-electron chi connectivity index (χ3n) is 3.50. The molecular formula is C17H18FN3. The second-order valence-electron chi connectivity index (χ2n) is 5.22. The van der Waals surface area contributed by atoms with Crippen LogP contribution in [0, 0.1) is 12.7 Å². The molecule has 0 fully saturated rings. The second-order valence-corrected chi connectivity index (χ2v) is 5.22. The van der Waals surface area contributed by atoms with Crippen LogP contribution in [0.15, 0.2) is 42.5 Å². The molecule has 2 N–H and O–H groups in total. The first-order valence-corrected chi connectivity index (χ1v) is 7.12. The van der Waals surface area contributed by atoms with Gasteiger partial charge >= 0.3 is 0 Å². The lowest BCUT2D eigenvalue weighted by molar-refractivity contribution is 0.587. The molecule has 0 saturated carbocycles. The normalized spacial score (nSPS) is 11.1. The minimum Gasteiger partial charge on any atom is -0.342 e. The molecule has 21 heavy (non-hydrogen) atoms. The largest absolute Gasteiger partial charge is 0.342 e. The molecule has 1 aromatic heterocycles. The molecule has 3 rings (SSSR count). The lowest BCUT2D eigenvalue weighted by atomic mass is 10.2. The van der Waals surface area contributed by atoms with Gasteiger partial charge in [0.15, 0.2) is 0 Å². The lowest BCUT2D eigenvalue weighted by Gasteiger charge is -2.04. The van der Waals surface area contributed by atoms with Crippen molar-refractivity contribution in [2.45, 2.75) is 19.9 Å². The van der Waals surface area contributed by atoms with E-state index in [1.54, 1.807) is 12.1 Å². The molecule has 0 radical (unpaired) electrons. The fourth-order valence-electron chi connectivity index (χ4n) is 2.37. The summed E-state index contributed by atoms with van der Waals surface area (Å²) in [6, 6.07) is 13.0. The van der Waals surface area contributed by atoms with Gasteiger partial charge < -0.3 is 10.3 Å². The van der Waals surface area contributed by atoms with Crippen LogP contribution in [0.2, 0.25) is 0 Å². The van der Waals surface area contributed by atoms with Gasteiger partial charge in [0.25, 0.3) is 0 Å². The van der Waals surface area contributed by atoms with Gasteiger partial charge in [0, 0.05) is 25.1 Å². The highest BCUT2D eigenvalue weighted by molar-refractivity contribution is 5.75. The van der Waals surface area contributed by atoms with E-state index in [2.05, 4.69) is 34.3 Å². The van der Waals surface area contributed by atoms with E-state index in [1.165, 1.54) is 11.6 Å². The van der Waals surface area contributed by atoms with E-state index in [-0.39, 0.29) is 5.82 Å². The Morgan fingerprint density at radius 2 is 2.05 bits per heavy atom. The number of halogens is 1. The minimum absolute atomic E-state index is 0.163. The standard InChI is InChI=1S/C17H18FN3/c1-12-6-7-15-16(10-12)21-17(20-15)8-9-19-11-13-4-2-3-5-14(13)18/h2-7,10,19H,8-9,11H2,1H3,(H,20,21). The van der Waals surface area contributed by atoms with E-state index in [0.29, 0.717) is 12.1 Å². The maximum absolute atomic E-state index is 13.5. The average Bonchev–Trinajstić information content (AvgIpc) is 2.87. The van der Waals surface area contributed by atoms with Crippen LogP contribution in [-0.4, -0.2) is 16.5 Å². The number of aryl methyl sites for hydroxylation is 1. The van der Waals surface area contributed by atoms with E-state index >= 15 is 0 Å². The highest BCUT2D eigenvalue weighted by Crippen LogP contribution is 2.13. The monoisotopic (exact) mass is 283 g/mol. The van der Waals surface area contributed by atoms with Crippen molar-refractivity contribution in [2.24, 2.45) is 0 Å². The fourth-order valence-corrected chi connectivity index (χ4v) is 2.37. The second kappa shape index (κ2) is 6.06. The van der Waals surface area contributed by atoms with Crippen LogP contribution in [0.5, 0.6) is 0 Å². The van der Waals surface area contributed by atoms with Crippen molar-refractivity contribution in [2.75, 3.05) is 6.54 Å². The molecule has 3 nitrogen and oxygen atoms in total. The number of aromatic amines is 1. The Balaban J connectivity index is 1.56. The first-order chi connectivity index (χ1) is 10.2. The summed E-state index contributed by atoms with van der Waals surface area (Å²) in [5.74, 6) is 0.792. The van der Waals surface area contributed by atoms with Crippen molar-refractivity contribution >= 4 is 11.0 Å². The molecule has 0 unspecified atom stereocenters. The predicted molar refractivity (Wildman–Crippen MR) is 82.6 cm³/mol. The van der Waals surface area contributed by atoms with Crippen LogP contribution < -0.4 is 5.32 Å². The van der Waals surface area contributed by atoms with Gasteiger partial charge in [-0.2, -0.15) is 0 Å². The predicted octanol–water partition coefficient (Wildman–Crippen LogP) is 3.34. The number of benzene rings is 2. The molecular weight excluding hydrogens is 265 g/mol. The third-order valence-corrected chi connectivity index (χ3v) is 3.50. The number of nitrogens with one attached hydrogen (secondary N) is 2. The van der Waals surface area contributed by atoms with E-state index in [1.807, 2.05) is 12.1 Å². The molecule has 4 heteroatoms. The number of imidazole rings is 1. The summed E-state index contributed by atoms with van der Waals surface area (Å²) in [4.78, 5) is 7.87. The van der Waals surface area contributed by atoms with E-state index in [9.17, 15) is 4.39 Å². The van der Waals surface area contributed by atoms with Gasteiger partial charge in [-0.1, -0.05) is 24.3 Å². The third kappa shape index (κ3) is 3.28. The van der Waals surface area contributed by atoms with Crippen molar-refractivity contribution in [3.05, 3.63) is 65.2 Å². The van der Waals surface area contributed by atoms with Crippen molar-refractivity contribution in [1.29, 1.82) is 0 Å². The number of hydrogen-bond donors (Lipinski definition) is 2. The van der Waals surface area contributed by atoms with Crippen LogP contribution in [0.1, 0.15) is 17.0 Å². The Kier molecular flexibility index (Phi) is 3.97. The Bertz CT molecular complexity index is 749. The van der Waals surface area contributed by atoms with E-state index < -0.39 is 0 Å². The van der Waals surface area contributed by atoms with E-state index in [0.717, 1.165) is 29.8 Å². The van der Waals surface area contributed by atoms with Gasteiger partial charge in [-0.3, -0.25) is 0 Å². The average molecular weight is 283 g/mol. The first kappa shape index (κ1) is 13.8. The van der Waals surface area contributed by atoms with Gasteiger partial charge in [-0.25, -0.2) is 9.37 Å². The highest BCUT2D eigenvalue weighted by Gasteiger charge is 2.03. The molecule has 0 aliphatic carbocycles. The molecule has 2 aromatic carbocycles. The van der Waals surface area contributed by atoms with Gasteiger partial charge in [-0.05, 0) is 30.7 Å². The molecule has 0 amide bonds. The van der Waals surface area contributed by atoms with Crippen LogP contribution in [0.4, 0.5) is 4.39 Å². The number of hydrogen-bond acceptors (Lipinski definition) is 2. The Labute approximate surface area is 123 Å². The summed E-state index contributed by atoms with van der Waals surface area (Å²) >= 11 is 0. The molecule has 0 aliphatic heterocycles. The number of aromatic nitrogens is 2. The SMILES string of the molecule is Cc1ccc2nc(CCNCc3ccccc3F)[nH]c2c1. The number of H-pyrrole nitrogens is 1. The van der Waals surface area contributed by atoms with Gasteiger partial charge in [-0.15, -0.1) is 0 Å². The zero-order valence-electron chi connectivity index (χ0n) is 12.0. The molecule has 0 spiro atoms. The smallest absolute Gasteiger partial charge is 0.127 e. The summed E-state index contributed by atoms with van der Waals surface area (Å²) in [5.41, 5.74) is 3.97. The zero-order chi connectivity index (χ0) is 14.7. The quantitative estimate of drug-likeness (QED) is 0.705. The Morgan fingerprint density at radius 1 is 1.19 bits per heavy atom. The van der Waals surface area contributed by atoms with Crippen LogP contribution >= 0.6 is 0 Å². The maximum Gasteiger partial charge on any atom is 0.127 e. The van der Waals surface area contributed by atoms with Crippen LogP contribution in [-0.2, 0) is 13.0 Å².